The van der Waals surface area contributed by atoms with E-state index in [4.69, 9.17) is 4.74 Å². The van der Waals surface area contributed by atoms with E-state index in [1.807, 2.05) is 11.0 Å². The molecule has 0 bridgehead atoms. The molecular formula is C21H30N2O4S. The summed E-state index contributed by atoms with van der Waals surface area (Å²) >= 11 is 0. The second-order valence-electron chi connectivity index (χ2n) is 8.29. The van der Waals surface area contributed by atoms with E-state index in [0.29, 0.717) is 24.6 Å². The number of sulfonamides is 1. The van der Waals surface area contributed by atoms with Crippen molar-refractivity contribution in [2.45, 2.75) is 62.4 Å². The minimum Gasteiger partial charge on any atom is -0.383 e. The van der Waals surface area contributed by atoms with Gasteiger partial charge in [0.1, 0.15) is 0 Å². The zero-order valence-corrected chi connectivity index (χ0v) is 17.4. The van der Waals surface area contributed by atoms with Crippen LogP contribution >= 0.6 is 0 Å². The SMILES string of the molecule is COC[C@H]1CCCN1S(=O)(=O)c1ccc2c(c1)CN(C(=O)C1CCCC1)CC2. The average Bonchev–Trinajstić information content (AvgIpc) is 3.39. The van der Waals surface area contributed by atoms with Crippen LogP contribution in [0.5, 0.6) is 0 Å². The quantitative estimate of drug-likeness (QED) is 0.754. The topological polar surface area (TPSA) is 66.9 Å². The molecule has 3 aliphatic rings. The maximum Gasteiger partial charge on any atom is 0.243 e. The van der Waals surface area contributed by atoms with Crippen LogP contribution in [-0.4, -0.2) is 56.4 Å². The molecule has 1 saturated heterocycles. The van der Waals surface area contributed by atoms with Crippen LogP contribution in [-0.2, 0) is 32.5 Å². The highest BCUT2D eigenvalue weighted by Crippen LogP contribution is 2.31. The molecule has 6 nitrogen and oxygen atoms in total. The molecule has 4 rings (SSSR count). The number of hydrogen-bond donors (Lipinski definition) is 0. The number of amides is 1. The lowest BCUT2D eigenvalue weighted by atomic mass is 9.98. The summed E-state index contributed by atoms with van der Waals surface area (Å²) in [4.78, 5) is 15.1. The van der Waals surface area contributed by atoms with Gasteiger partial charge in [-0.05, 0) is 55.4 Å². The number of fused-ring (bicyclic) bond motifs is 1. The molecule has 1 saturated carbocycles. The first-order valence-corrected chi connectivity index (χ1v) is 11.9. The van der Waals surface area contributed by atoms with E-state index >= 15 is 0 Å². The van der Waals surface area contributed by atoms with Gasteiger partial charge in [0.15, 0.2) is 0 Å². The molecule has 1 amide bonds. The Labute approximate surface area is 167 Å². The summed E-state index contributed by atoms with van der Waals surface area (Å²) < 4.78 is 33.2. The number of carbonyl (C=O) groups is 1. The van der Waals surface area contributed by atoms with Crippen molar-refractivity contribution in [1.29, 1.82) is 0 Å². The molecule has 0 N–H and O–H groups in total. The first-order valence-electron chi connectivity index (χ1n) is 10.4. The van der Waals surface area contributed by atoms with Crippen molar-refractivity contribution in [3.05, 3.63) is 29.3 Å². The largest absolute Gasteiger partial charge is 0.383 e. The van der Waals surface area contributed by atoms with E-state index in [1.165, 1.54) is 0 Å². The molecule has 1 aliphatic carbocycles. The van der Waals surface area contributed by atoms with Gasteiger partial charge in [0, 0.05) is 38.7 Å². The smallest absolute Gasteiger partial charge is 0.243 e. The van der Waals surface area contributed by atoms with Crippen LogP contribution in [0, 0.1) is 5.92 Å². The number of benzene rings is 1. The highest BCUT2D eigenvalue weighted by atomic mass is 32.2. The molecule has 28 heavy (non-hydrogen) atoms. The van der Waals surface area contributed by atoms with Gasteiger partial charge in [0.2, 0.25) is 15.9 Å². The van der Waals surface area contributed by atoms with Crippen LogP contribution in [0.25, 0.3) is 0 Å². The van der Waals surface area contributed by atoms with Crippen LogP contribution in [0.15, 0.2) is 23.1 Å². The van der Waals surface area contributed by atoms with Crippen molar-refractivity contribution >= 4 is 15.9 Å². The van der Waals surface area contributed by atoms with Gasteiger partial charge in [-0.25, -0.2) is 8.42 Å². The van der Waals surface area contributed by atoms with Gasteiger partial charge >= 0.3 is 0 Å². The highest BCUT2D eigenvalue weighted by molar-refractivity contribution is 7.89. The first kappa shape index (κ1) is 19.9. The predicted octanol–water partition coefficient (Wildman–Crippen LogP) is 2.56. The molecule has 0 unspecified atom stereocenters. The van der Waals surface area contributed by atoms with Crippen molar-refractivity contribution in [3.63, 3.8) is 0 Å². The van der Waals surface area contributed by atoms with E-state index < -0.39 is 10.0 Å². The third-order valence-electron chi connectivity index (χ3n) is 6.49. The van der Waals surface area contributed by atoms with E-state index in [2.05, 4.69) is 0 Å². The molecule has 2 fully saturated rings. The van der Waals surface area contributed by atoms with Crippen LogP contribution in [0.3, 0.4) is 0 Å². The number of rotatable bonds is 5. The Morgan fingerprint density at radius 1 is 1.11 bits per heavy atom. The fraction of sp³-hybridized carbons (Fsp3) is 0.667. The summed E-state index contributed by atoms with van der Waals surface area (Å²) in [5, 5.41) is 0. The molecule has 2 aliphatic heterocycles. The summed E-state index contributed by atoms with van der Waals surface area (Å²) in [6, 6.07) is 5.36. The van der Waals surface area contributed by atoms with Crippen LogP contribution in [0.1, 0.15) is 49.7 Å². The minimum atomic E-state index is -3.55. The molecule has 0 spiro atoms. The van der Waals surface area contributed by atoms with Gasteiger partial charge in [-0.3, -0.25) is 4.79 Å². The lowest BCUT2D eigenvalue weighted by molar-refractivity contribution is -0.136. The number of carbonyl (C=O) groups excluding carboxylic acids is 1. The highest BCUT2D eigenvalue weighted by Gasteiger charge is 2.36. The summed E-state index contributed by atoms with van der Waals surface area (Å²) in [6.07, 6.45) is 6.76. The molecule has 154 valence electrons. The van der Waals surface area contributed by atoms with Crippen molar-refractivity contribution in [2.75, 3.05) is 26.8 Å². The summed E-state index contributed by atoms with van der Waals surface area (Å²) in [6.45, 7) is 2.22. The predicted molar refractivity (Wildman–Crippen MR) is 106 cm³/mol. The minimum absolute atomic E-state index is 0.0912. The number of methoxy groups -OCH3 is 1. The van der Waals surface area contributed by atoms with Gasteiger partial charge in [-0.15, -0.1) is 0 Å². The number of nitrogens with zero attached hydrogens (tertiary/aromatic N) is 2. The Bertz CT molecular complexity index is 833. The Morgan fingerprint density at radius 2 is 1.89 bits per heavy atom. The molecule has 1 atom stereocenters. The summed E-state index contributed by atoms with van der Waals surface area (Å²) in [5.74, 6) is 0.406. The number of ether oxygens (including phenoxy) is 1. The van der Waals surface area contributed by atoms with Gasteiger partial charge in [0.05, 0.1) is 11.5 Å². The Morgan fingerprint density at radius 3 is 2.64 bits per heavy atom. The normalized spacial score (nSPS) is 23.9. The summed E-state index contributed by atoms with van der Waals surface area (Å²) in [5.41, 5.74) is 2.13. The second-order valence-corrected chi connectivity index (χ2v) is 10.2. The summed E-state index contributed by atoms with van der Waals surface area (Å²) in [7, 11) is -1.94. The monoisotopic (exact) mass is 406 g/mol. The van der Waals surface area contributed by atoms with Crippen LogP contribution in [0.4, 0.5) is 0 Å². The van der Waals surface area contributed by atoms with Gasteiger partial charge in [0.25, 0.3) is 0 Å². The Kier molecular flexibility index (Phi) is 5.76. The maximum atomic E-state index is 13.2. The van der Waals surface area contributed by atoms with E-state index in [1.54, 1.807) is 23.5 Å². The van der Waals surface area contributed by atoms with Crippen molar-refractivity contribution < 1.29 is 17.9 Å². The van der Waals surface area contributed by atoms with Gasteiger partial charge in [-0.2, -0.15) is 4.31 Å². The van der Waals surface area contributed by atoms with Crippen molar-refractivity contribution in [2.24, 2.45) is 5.92 Å². The zero-order valence-electron chi connectivity index (χ0n) is 16.6. The molecular weight excluding hydrogens is 376 g/mol. The number of hydrogen-bond acceptors (Lipinski definition) is 4. The zero-order chi connectivity index (χ0) is 19.7. The first-order chi connectivity index (χ1) is 13.5. The average molecular weight is 407 g/mol. The third-order valence-corrected chi connectivity index (χ3v) is 8.44. The standard InChI is InChI=1S/C21H30N2O4S/c1-27-15-19-7-4-11-23(19)28(25,26)20-9-8-16-10-12-22(14-18(16)13-20)21(24)17-5-2-3-6-17/h8-9,13,17,19H,2-7,10-12,14-15H2,1H3/t19-/m1/s1. The molecule has 7 heteroatoms. The van der Waals surface area contributed by atoms with Crippen molar-refractivity contribution in [3.8, 4) is 0 Å². The fourth-order valence-corrected chi connectivity index (χ4v) is 6.66. The third kappa shape index (κ3) is 3.72. The van der Waals surface area contributed by atoms with E-state index in [0.717, 1.165) is 62.6 Å². The molecule has 1 aromatic rings. The lowest BCUT2D eigenvalue weighted by Crippen LogP contribution is -2.40. The Balaban J connectivity index is 1.55. The molecule has 0 radical (unpaired) electrons. The van der Waals surface area contributed by atoms with Gasteiger partial charge < -0.3 is 9.64 Å². The fourth-order valence-electron chi connectivity index (χ4n) is 4.93. The van der Waals surface area contributed by atoms with E-state index in [9.17, 15) is 13.2 Å². The second kappa shape index (κ2) is 8.13. The molecule has 1 aromatic carbocycles. The lowest BCUT2D eigenvalue weighted by Gasteiger charge is -2.31. The van der Waals surface area contributed by atoms with Crippen molar-refractivity contribution in [1.82, 2.24) is 9.21 Å². The van der Waals surface area contributed by atoms with Crippen LogP contribution in [0.2, 0.25) is 0 Å². The molecule has 0 aromatic heterocycles. The van der Waals surface area contributed by atoms with Crippen LogP contribution < -0.4 is 0 Å². The molecule has 2 heterocycles. The van der Waals surface area contributed by atoms with Gasteiger partial charge in [-0.1, -0.05) is 18.9 Å². The maximum absolute atomic E-state index is 13.2. The van der Waals surface area contributed by atoms with E-state index in [-0.39, 0.29) is 17.9 Å². The Hall–Kier alpha value is -1.44.